The number of aryl methyl sites for hydroxylation is 3. The van der Waals surface area contributed by atoms with Gasteiger partial charge in [-0.1, -0.05) is 35.9 Å². The minimum absolute atomic E-state index is 0.0595. The average Bonchev–Trinajstić information content (AvgIpc) is 2.80. The summed E-state index contributed by atoms with van der Waals surface area (Å²) in [5.41, 5.74) is 5.72. The summed E-state index contributed by atoms with van der Waals surface area (Å²) in [7, 11) is -4.04. The van der Waals surface area contributed by atoms with E-state index in [0.29, 0.717) is 11.3 Å². The van der Waals surface area contributed by atoms with Crippen LogP contribution in [-0.4, -0.2) is 32.0 Å². The Hall–Kier alpha value is -4.05. The van der Waals surface area contributed by atoms with E-state index in [4.69, 9.17) is 0 Å². The lowest BCUT2D eigenvalue weighted by molar-refractivity contribution is -0.384. The van der Waals surface area contributed by atoms with Crippen LogP contribution in [0.25, 0.3) is 0 Å². The maximum Gasteiger partial charge on any atom is 0.270 e. The molecule has 0 spiro atoms. The molecule has 0 fully saturated rings. The first-order chi connectivity index (χ1) is 16.1. The number of amides is 1. The van der Waals surface area contributed by atoms with E-state index in [0.717, 1.165) is 21.0 Å². The lowest BCUT2D eigenvalue weighted by atomic mass is 10.1. The second-order valence-corrected chi connectivity index (χ2v) is 9.60. The molecule has 176 valence electrons. The summed E-state index contributed by atoms with van der Waals surface area (Å²) in [5.74, 6) is -0.671. The predicted molar refractivity (Wildman–Crippen MR) is 130 cm³/mol. The van der Waals surface area contributed by atoms with Gasteiger partial charge in [0.25, 0.3) is 21.6 Å². The number of hydrogen-bond donors (Lipinski definition) is 1. The van der Waals surface area contributed by atoms with E-state index in [1.165, 1.54) is 36.5 Å². The Bertz CT molecular complexity index is 1350. The first-order valence-corrected chi connectivity index (χ1v) is 11.7. The van der Waals surface area contributed by atoms with Gasteiger partial charge in [0.2, 0.25) is 0 Å². The van der Waals surface area contributed by atoms with Crippen molar-refractivity contribution in [3.05, 3.63) is 99.1 Å². The fourth-order valence-electron chi connectivity index (χ4n) is 3.10. The topological polar surface area (TPSA) is 122 Å². The number of nitro benzene ring substituents is 1. The molecule has 0 aliphatic rings. The minimum atomic E-state index is -4.04. The number of sulfonamides is 1. The van der Waals surface area contributed by atoms with Gasteiger partial charge >= 0.3 is 0 Å². The van der Waals surface area contributed by atoms with Crippen LogP contribution in [0, 0.1) is 30.9 Å². The molecule has 1 amide bonds. The molecule has 1 N–H and O–H groups in total. The Morgan fingerprint density at radius 2 is 1.74 bits per heavy atom. The molecule has 0 saturated heterocycles. The molecule has 0 aromatic heterocycles. The Balaban J connectivity index is 1.85. The molecule has 3 aromatic rings. The maximum absolute atomic E-state index is 13.4. The second-order valence-electron chi connectivity index (χ2n) is 7.74. The van der Waals surface area contributed by atoms with Crippen molar-refractivity contribution in [3.8, 4) is 0 Å². The van der Waals surface area contributed by atoms with Crippen LogP contribution in [0.15, 0.2) is 76.7 Å². The SMILES string of the molecule is Cc1ccc(S(=O)(=O)N(CC(=O)N/N=C\c2cccc([N+](=O)[O-])c2)c2ccc(C)c(C)c2)cc1. The van der Waals surface area contributed by atoms with Gasteiger partial charge in [-0.2, -0.15) is 5.10 Å². The van der Waals surface area contributed by atoms with Crippen LogP contribution in [0.2, 0.25) is 0 Å². The first kappa shape index (κ1) is 24.6. The smallest absolute Gasteiger partial charge is 0.270 e. The normalized spacial score (nSPS) is 11.4. The van der Waals surface area contributed by atoms with Crippen molar-refractivity contribution in [2.75, 3.05) is 10.8 Å². The van der Waals surface area contributed by atoms with E-state index in [9.17, 15) is 23.3 Å². The predicted octanol–water partition coefficient (Wildman–Crippen LogP) is 3.87. The van der Waals surface area contributed by atoms with Gasteiger partial charge in [0.15, 0.2) is 0 Å². The van der Waals surface area contributed by atoms with E-state index >= 15 is 0 Å². The summed E-state index contributed by atoms with van der Waals surface area (Å²) in [5, 5.41) is 14.7. The van der Waals surface area contributed by atoms with Gasteiger partial charge in [0.05, 0.1) is 21.7 Å². The molecule has 0 heterocycles. The fourth-order valence-corrected chi connectivity index (χ4v) is 4.51. The number of hydrazone groups is 1. The number of carbonyl (C=O) groups excluding carboxylic acids is 1. The number of nitro groups is 1. The molecule has 10 heteroatoms. The summed E-state index contributed by atoms with van der Waals surface area (Å²) in [6.07, 6.45) is 1.25. The van der Waals surface area contributed by atoms with Crippen LogP contribution in [0.4, 0.5) is 11.4 Å². The molecule has 3 rings (SSSR count). The quantitative estimate of drug-likeness (QED) is 0.298. The molecular formula is C24H24N4O5S. The highest BCUT2D eigenvalue weighted by Crippen LogP contribution is 2.26. The van der Waals surface area contributed by atoms with Crippen molar-refractivity contribution in [3.63, 3.8) is 0 Å². The number of carbonyl (C=O) groups is 1. The molecule has 0 saturated carbocycles. The molecule has 0 atom stereocenters. The zero-order valence-corrected chi connectivity index (χ0v) is 19.7. The Kier molecular flexibility index (Phi) is 7.42. The van der Waals surface area contributed by atoms with E-state index in [2.05, 4.69) is 10.5 Å². The van der Waals surface area contributed by atoms with Gasteiger partial charge in [-0.3, -0.25) is 19.2 Å². The number of nitrogens with zero attached hydrogens (tertiary/aromatic N) is 3. The third-order valence-corrected chi connectivity index (χ3v) is 6.95. The Morgan fingerprint density at radius 1 is 1.03 bits per heavy atom. The van der Waals surface area contributed by atoms with Gasteiger partial charge < -0.3 is 0 Å². The third kappa shape index (κ3) is 5.84. The number of anilines is 1. The van der Waals surface area contributed by atoms with E-state index in [-0.39, 0.29) is 10.6 Å². The highest BCUT2D eigenvalue weighted by atomic mass is 32.2. The lowest BCUT2D eigenvalue weighted by Gasteiger charge is -2.24. The number of nitrogens with one attached hydrogen (secondary N) is 1. The summed E-state index contributed by atoms with van der Waals surface area (Å²) >= 11 is 0. The van der Waals surface area contributed by atoms with Crippen molar-refractivity contribution < 1.29 is 18.1 Å². The zero-order valence-electron chi connectivity index (χ0n) is 18.9. The Morgan fingerprint density at radius 3 is 2.38 bits per heavy atom. The van der Waals surface area contributed by atoms with Crippen molar-refractivity contribution in [2.45, 2.75) is 25.7 Å². The molecular weight excluding hydrogens is 456 g/mol. The van der Waals surface area contributed by atoms with E-state index < -0.39 is 27.4 Å². The molecule has 0 aliphatic carbocycles. The van der Waals surface area contributed by atoms with Gasteiger partial charge in [0, 0.05) is 17.7 Å². The average molecular weight is 481 g/mol. The largest absolute Gasteiger partial charge is 0.271 e. The second kappa shape index (κ2) is 10.3. The number of hydrogen-bond acceptors (Lipinski definition) is 6. The van der Waals surface area contributed by atoms with Crippen LogP contribution in [0.5, 0.6) is 0 Å². The maximum atomic E-state index is 13.4. The van der Waals surface area contributed by atoms with Crippen LogP contribution < -0.4 is 9.73 Å². The summed E-state index contributed by atoms with van der Waals surface area (Å²) in [6.45, 7) is 5.11. The van der Waals surface area contributed by atoms with Crippen LogP contribution in [-0.2, 0) is 14.8 Å². The van der Waals surface area contributed by atoms with E-state index in [1.807, 2.05) is 20.8 Å². The van der Waals surface area contributed by atoms with Crippen LogP contribution >= 0.6 is 0 Å². The van der Waals surface area contributed by atoms with Gasteiger partial charge in [0.1, 0.15) is 6.54 Å². The molecule has 0 unspecified atom stereocenters. The van der Waals surface area contributed by atoms with Crippen LogP contribution in [0.3, 0.4) is 0 Å². The molecule has 0 aliphatic heterocycles. The molecule has 34 heavy (non-hydrogen) atoms. The number of non-ortho nitro benzene ring substituents is 1. The standard InChI is InChI=1S/C24H24N4O5S/c1-17-7-11-23(12-8-17)34(32,33)27(21-10-9-18(2)19(3)13-21)16-24(29)26-25-15-20-5-4-6-22(14-20)28(30)31/h4-15H,16H2,1-3H3,(H,26,29)/b25-15-. The van der Waals surface area contributed by atoms with Crippen molar-refractivity contribution in [1.29, 1.82) is 0 Å². The lowest BCUT2D eigenvalue weighted by Crippen LogP contribution is -2.39. The van der Waals surface area contributed by atoms with Crippen LogP contribution in [0.1, 0.15) is 22.3 Å². The third-order valence-electron chi connectivity index (χ3n) is 5.16. The highest BCUT2D eigenvalue weighted by molar-refractivity contribution is 7.92. The Labute approximate surface area is 197 Å². The van der Waals surface area contributed by atoms with Gasteiger partial charge in [-0.15, -0.1) is 0 Å². The molecule has 3 aromatic carbocycles. The first-order valence-electron chi connectivity index (χ1n) is 10.3. The van der Waals surface area contributed by atoms with Gasteiger partial charge in [-0.25, -0.2) is 13.8 Å². The zero-order chi connectivity index (χ0) is 24.9. The molecule has 0 radical (unpaired) electrons. The number of rotatable bonds is 8. The number of benzene rings is 3. The highest BCUT2D eigenvalue weighted by Gasteiger charge is 2.27. The van der Waals surface area contributed by atoms with E-state index in [1.54, 1.807) is 36.4 Å². The van der Waals surface area contributed by atoms with Gasteiger partial charge in [-0.05, 0) is 56.2 Å². The monoisotopic (exact) mass is 480 g/mol. The molecule has 9 nitrogen and oxygen atoms in total. The molecule has 0 bridgehead atoms. The van der Waals surface area contributed by atoms with Crippen molar-refractivity contribution >= 4 is 33.5 Å². The minimum Gasteiger partial charge on any atom is -0.271 e. The fraction of sp³-hybridized carbons (Fsp3) is 0.167. The summed E-state index contributed by atoms with van der Waals surface area (Å²) < 4.78 is 27.9. The summed E-state index contributed by atoms with van der Waals surface area (Å²) in [6, 6.07) is 17.3. The van der Waals surface area contributed by atoms with Crippen molar-refractivity contribution in [2.24, 2.45) is 5.10 Å². The van der Waals surface area contributed by atoms with Crippen molar-refractivity contribution in [1.82, 2.24) is 5.43 Å². The summed E-state index contributed by atoms with van der Waals surface area (Å²) in [4.78, 5) is 23.1.